The molecule has 0 bridgehead atoms. The van der Waals surface area contributed by atoms with Crippen molar-refractivity contribution in [3.8, 4) is 0 Å². The van der Waals surface area contributed by atoms with Gasteiger partial charge in [-0.3, -0.25) is 4.79 Å². The third-order valence-corrected chi connectivity index (χ3v) is 3.42. The summed E-state index contributed by atoms with van der Waals surface area (Å²) in [6.45, 7) is 2.27. The van der Waals surface area contributed by atoms with Crippen LogP contribution in [0.3, 0.4) is 0 Å². The largest absolute Gasteiger partial charge is 0.300 e. The standard InChI is InChI=1S/C12H18O/c1-12(7-6-11(13)9-12)8-10-4-2-3-5-10/h4H,2-3,5-9H2,1H3. The van der Waals surface area contributed by atoms with Crippen LogP contribution in [0.2, 0.25) is 0 Å². The second-order valence-electron chi connectivity index (χ2n) is 4.96. The van der Waals surface area contributed by atoms with Crippen LogP contribution in [-0.2, 0) is 4.79 Å². The molecule has 13 heavy (non-hydrogen) atoms. The zero-order valence-electron chi connectivity index (χ0n) is 8.44. The van der Waals surface area contributed by atoms with E-state index in [2.05, 4.69) is 13.0 Å². The first-order valence-corrected chi connectivity index (χ1v) is 5.38. The van der Waals surface area contributed by atoms with E-state index in [-0.39, 0.29) is 0 Å². The lowest BCUT2D eigenvalue weighted by molar-refractivity contribution is -0.117. The highest BCUT2D eigenvalue weighted by atomic mass is 16.1. The average Bonchev–Trinajstić information content (AvgIpc) is 2.62. The van der Waals surface area contributed by atoms with E-state index >= 15 is 0 Å². The van der Waals surface area contributed by atoms with Gasteiger partial charge in [-0.2, -0.15) is 0 Å². The fourth-order valence-corrected chi connectivity index (χ4v) is 2.69. The molecule has 1 fully saturated rings. The van der Waals surface area contributed by atoms with Gasteiger partial charge in [-0.25, -0.2) is 0 Å². The third kappa shape index (κ3) is 2.01. The summed E-state index contributed by atoms with van der Waals surface area (Å²) in [7, 11) is 0. The molecule has 1 atom stereocenters. The van der Waals surface area contributed by atoms with Gasteiger partial charge >= 0.3 is 0 Å². The summed E-state index contributed by atoms with van der Waals surface area (Å²) in [6.07, 6.45) is 10.2. The van der Waals surface area contributed by atoms with Gasteiger partial charge in [0.15, 0.2) is 0 Å². The second kappa shape index (κ2) is 3.28. The van der Waals surface area contributed by atoms with Crippen molar-refractivity contribution in [1.82, 2.24) is 0 Å². The summed E-state index contributed by atoms with van der Waals surface area (Å²) in [6, 6.07) is 0. The molecule has 0 aromatic rings. The number of hydrogen-bond donors (Lipinski definition) is 0. The van der Waals surface area contributed by atoms with Crippen molar-refractivity contribution < 1.29 is 4.79 Å². The minimum atomic E-state index is 0.313. The lowest BCUT2D eigenvalue weighted by Gasteiger charge is -2.22. The van der Waals surface area contributed by atoms with Crippen molar-refractivity contribution in [1.29, 1.82) is 0 Å². The van der Waals surface area contributed by atoms with Crippen LogP contribution in [0.25, 0.3) is 0 Å². The predicted molar refractivity (Wildman–Crippen MR) is 53.5 cm³/mol. The van der Waals surface area contributed by atoms with E-state index in [1.807, 2.05) is 0 Å². The first kappa shape index (κ1) is 8.98. The Labute approximate surface area is 80.2 Å². The average molecular weight is 178 g/mol. The van der Waals surface area contributed by atoms with Crippen LogP contribution in [0.4, 0.5) is 0 Å². The number of allylic oxidation sites excluding steroid dienone is 2. The lowest BCUT2D eigenvalue weighted by Crippen LogP contribution is -2.12. The van der Waals surface area contributed by atoms with Crippen LogP contribution in [0, 0.1) is 5.41 Å². The van der Waals surface area contributed by atoms with Gasteiger partial charge in [0.2, 0.25) is 0 Å². The van der Waals surface area contributed by atoms with Gasteiger partial charge < -0.3 is 0 Å². The molecule has 1 nitrogen and oxygen atoms in total. The smallest absolute Gasteiger partial charge is 0.133 e. The molecule has 0 aliphatic heterocycles. The van der Waals surface area contributed by atoms with Gasteiger partial charge in [-0.15, -0.1) is 0 Å². The topological polar surface area (TPSA) is 17.1 Å². The summed E-state index contributed by atoms with van der Waals surface area (Å²) in [5.74, 6) is 0.473. The lowest BCUT2D eigenvalue weighted by atomic mass is 9.82. The summed E-state index contributed by atoms with van der Waals surface area (Å²) in [4.78, 5) is 11.2. The van der Waals surface area contributed by atoms with Crippen molar-refractivity contribution in [3.63, 3.8) is 0 Å². The Morgan fingerprint density at radius 2 is 2.31 bits per heavy atom. The summed E-state index contributed by atoms with van der Waals surface area (Å²) >= 11 is 0. The highest BCUT2D eigenvalue weighted by molar-refractivity contribution is 5.81. The van der Waals surface area contributed by atoms with E-state index in [0.717, 1.165) is 19.3 Å². The van der Waals surface area contributed by atoms with Crippen molar-refractivity contribution >= 4 is 5.78 Å². The molecule has 2 rings (SSSR count). The van der Waals surface area contributed by atoms with Crippen LogP contribution >= 0.6 is 0 Å². The van der Waals surface area contributed by atoms with E-state index in [1.165, 1.54) is 25.7 Å². The van der Waals surface area contributed by atoms with Gasteiger partial charge in [-0.05, 0) is 37.5 Å². The van der Waals surface area contributed by atoms with E-state index in [1.54, 1.807) is 5.57 Å². The molecule has 0 aromatic heterocycles. The molecule has 1 unspecified atom stereocenters. The summed E-state index contributed by atoms with van der Waals surface area (Å²) in [5, 5.41) is 0. The van der Waals surface area contributed by atoms with E-state index in [9.17, 15) is 4.79 Å². The first-order valence-electron chi connectivity index (χ1n) is 5.38. The van der Waals surface area contributed by atoms with Crippen molar-refractivity contribution in [2.45, 2.75) is 51.9 Å². The number of Topliss-reactive ketones (excluding diaryl/α,β-unsaturated/α-hetero) is 1. The maximum absolute atomic E-state index is 11.2. The van der Waals surface area contributed by atoms with Crippen LogP contribution in [0.15, 0.2) is 11.6 Å². The highest BCUT2D eigenvalue weighted by Crippen LogP contribution is 2.42. The Morgan fingerprint density at radius 1 is 1.46 bits per heavy atom. The number of ketones is 1. The van der Waals surface area contributed by atoms with Crippen LogP contribution in [0.1, 0.15) is 51.9 Å². The Morgan fingerprint density at radius 3 is 2.85 bits per heavy atom. The SMILES string of the molecule is CC1(CC2=CCCC2)CCC(=O)C1. The maximum atomic E-state index is 11.2. The van der Waals surface area contributed by atoms with Crippen LogP contribution in [-0.4, -0.2) is 5.78 Å². The highest BCUT2D eigenvalue weighted by Gasteiger charge is 2.34. The van der Waals surface area contributed by atoms with E-state index in [0.29, 0.717) is 11.2 Å². The molecule has 0 N–H and O–H groups in total. The minimum absolute atomic E-state index is 0.313. The molecular weight excluding hydrogens is 160 g/mol. The Hall–Kier alpha value is -0.590. The molecule has 0 radical (unpaired) electrons. The second-order valence-corrected chi connectivity index (χ2v) is 4.96. The van der Waals surface area contributed by atoms with Crippen LogP contribution < -0.4 is 0 Å². The molecule has 0 heterocycles. The third-order valence-electron chi connectivity index (χ3n) is 3.42. The zero-order valence-corrected chi connectivity index (χ0v) is 8.44. The zero-order chi connectivity index (χ0) is 9.31. The van der Waals surface area contributed by atoms with Gasteiger partial charge in [0, 0.05) is 12.8 Å². The van der Waals surface area contributed by atoms with Gasteiger partial charge in [0.1, 0.15) is 5.78 Å². The number of rotatable bonds is 2. The normalized spacial score (nSPS) is 33.9. The Balaban J connectivity index is 1.96. The van der Waals surface area contributed by atoms with E-state index in [4.69, 9.17) is 0 Å². The Kier molecular flexibility index (Phi) is 2.27. The molecule has 0 saturated heterocycles. The fourth-order valence-electron chi connectivity index (χ4n) is 2.69. The van der Waals surface area contributed by atoms with Crippen molar-refractivity contribution in [2.24, 2.45) is 5.41 Å². The number of carbonyl (C=O) groups is 1. The van der Waals surface area contributed by atoms with Crippen molar-refractivity contribution in [3.05, 3.63) is 11.6 Å². The van der Waals surface area contributed by atoms with Gasteiger partial charge in [0.25, 0.3) is 0 Å². The molecule has 2 aliphatic carbocycles. The molecular formula is C12H18O. The molecule has 72 valence electrons. The first-order chi connectivity index (χ1) is 6.18. The Bertz CT molecular complexity index is 252. The van der Waals surface area contributed by atoms with Crippen molar-refractivity contribution in [2.75, 3.05) is 0 Å². The van der Waals surface area contributed by atoms with Crippen LogP contribution in [0.5, 0.6) is 0 Å². The predicted octanol–water partition coefficient (Wildman–Crippen LogP) is 3.25. The minimum Gasteiger partial charge on any atom is -0.300 e. The summed E-state index contributed by atoms with van der Waals surface area (Å²) < 4.78 is 0. The monoisotopic (exact) mass is 178 g/mol. The number of carbonyl (C=O) groups excluding carboxylic acids is 1. The molecule has 0 spiro atoms. The molecule has 1 heteroatoms. The summed E-state index contributed by atoms with van der Waals surface area (Å²) in [5.41, 5.74) is 1.92. The molecule has 0 aromatic carbocycles. The molecule has 2 aliphatic rings. The fraction of sp³-hybridized carbons (Fsp3) is 0.750. The molecule has 0 amide bonds. The number of hydrogen-bond acceptors (Lipinski definition) is 1. The van der Waals surface area contributed by atoms with Gasteiger partial charge in [0.05, 0.1) is 0 Å². The molecule has 1 saturated carbocycles. The quantitative estimate of drug-likeness (QED) is 0.593. The van der Waals surface area contributed by atoms with Gasteiger partial charge in [-0.1, -0.05) is 18.6 Å². The maximum Gasteiger partial charge on any atom is 0.133 e. The van der Waals surface area contributed by atoms with E-state index < -0.39 is 0 Å².